The second-order valence-corrected chi connectivity index (χ2v) is 4.34. The molecule has 0 aliphatic heterocycles. The van der Waals surface area contributed by atoms with E-state index in [9.17, 15) is 9.59 Å². The van der Waals surface area contributed by atoms with Crippen molar-refractivity contribution in [1.29, 1.82) is 0 Å². The van der Waals surface area contributed by atoms with Gasteiger partial charge in [0.25, 0.3) is 0 Å². The third-order valence-corrected chi connectivity index (χ3v) is 3.07. The Hall–Kier alpha value is -0.920. The highest BCUT2D eigenvalue weighted by molar-refractivity contribution is 6.08. The summed E-state index contributed by atoms with van der Waals surface area (Å²) in [5.41, 5.74) is 0. The Morgan fingerprint density at radius 1 is 1.27 bits per heavy atom. The van der Waals surface area contributed by atoms with Crippen molar-refractivity contribution in [3.63, 3.8) is 0 Å². The molecule has 0 aromatic rings. The Kier molecular flexibility index (Phi) is 4.73. The molecule has 1 rings (SSSR count). The summed E-state index contributed by atoms with van der Waals surface area (Å²) in [5.74, 6) is 0.243. The Morgan fingerprint density at radius 2 is 1.87 bits per heavy atom. The Morgan fingerprint density at radius 3 is 2.40 bits per heavy atom. The van der Waals surface area contributed by atoms with Crippen molar-refractivity contribution in [2.45, 2.75) is 46.0 Å². The monoisotopic (exact) mass is 208 g/mol. The van der Waals surface area contributed by atoms with E-state index in [2.05, 4.69) is 19.1 Å². The molecule has 1 aliphatic carbocycles. The summed E-state index contributed by atoms with van der Waals surface area (Å²) in [6.45, 7) is 4.12. The van der Waals surface area contributed by atoms with E-state index in [0.717, 1.165) is 19.3 Å². The van der Waals surface area contributed by atoms with Crippen molar-refractivity contribution < 1.29 is 9.59 Å². The van der Waals surface area contributed by atoms with Gasteiger partial charge in [-0.3, -0.25) is 9.59 Å². The number of hydrogen-bond donors (Lipinski definition) is 0. The van der Waals surface area contributed by atoms with Crippen LogP contribution in [-0.2, 0) is 9.59 Å². The number of Topliss-reactive ketones (excluding diaryl/α,β-unsaturated/α-hetero) is 2. The van der Waals surface area contributed by atoms with Gasteiger partial charge >= 0.3 is 0 Å². The number of carbonyl (C=O) groups is 2. The van der Waals surface area contributed by atoms with Crippen LogP contribution in [0.15, 0.2) is 12.2 Å². The second-order valence-electron chi connectivity index (χ2n) is 4.34. The SMILES string of the molecule is CC/C=C/CCC(C)C1C(=O)CCC1=O. The van der Waals surface area contributed by atoms with Gasteiger partial charge in [0.15, 0.2) is 0 Å². The molecule has 1 unspecified atom stereocenters. The standard InChI is InChI=1S/C13H20O2/c1-3-4-5-6-7-10(2)13-11(14)8-9-12(13)15/h4-5,10,13H,3,6-9H2,1-2H3/b5-4+. The van der Waals surface area contributed by atoms with Gasteiger partial charge in [-0.25, -0.2) is 0 Å². The van der Waals surface area contributed by atoms with E-state index in [1.54, 1.807) is 0 Å². The first-order valence-corrected chi connectivity index (χ1v) is 5.87. The van der Waals surface area contributed by atoms with Crippen molar-refractivity contribution in [3.05, 3.63) is 12.2 Å². The second kappa shape index (κ2) is 5.84. The normalized spacial score (nSPS) is 20.4. The molecular formula is C13H20O2. The molecule has 1 fully saturated rings. The molecule has 84 valence electrons. The summed E-state index contributed by atoms with van der Waals surface area (Å²) in [7, 11) is 0. The molecule has 1 aliphatic rings. The van der Waals surface area contributed by atoms with E-state index in [1.807, 2.05) is 6.92 Å². The predicted octanol–water partition coefficient (Wildman–Crippen LogP) is 2.92. The number of carbonyl (C=O) groups excluding carboxylic acids is 2. The van der Waals surface area contributed by atoms with E-state index in [1.165, 1.54) is 0 Å². The van der Waals surface area contributed by atoms with Gasteiger partial charge < -0.3 is 0 Å². The first-order valence-electron chi connectivity index (χ1n) is 5.87. The topological polar surface area (TPSA) is 34.1 Å². The van der Waals surface area contributed by atoms with Crippen LogP contribution in [0.25, 0.3) is 0 Å². The van der Waals surface area contributed by atoms with Gasteiger partial charge in [-0.2, -0.15) is 0 Å². The first-order chi connectivity index (χ1) is 7.16. The van der Waals surface area contributed by atoms with Crippen LogP contribution in [0, 0.1) is 11.8 Å². The minimum Gasteiger partial charge on any atom is -0.299 e. The number of allylic oxidation sites excluding steroid dienone is 2. The lowest BCUT2D eigenvalue weighted by molar-refractivity contribution is -0.129. The van der Waals surface area contributed by atoms with Crippen molar-refractivity contribution in [3.8, 4) is 0 Å². The number of ketones is 2. The molecule has 2 heteroatoms. The molecular weight excluding hydrogens is 188 g/mol. The van der Waals surface area contributed by atoms with Gasteiger partial charge in [-0.05, 0) is 25.2 Å². The Bertz CT molecular complexity index is 250. The van der Waals surface area contributed by atoms with Crippen LogP contribution in [0.1, 0.15) is 46.0 Å². The zero-order chi connectivity index (χ0) is 11.3. The summed E-state index contributed by atoms with van der Waals surface area (Å²) in [6, 6.07) is 0. The fourth-order valence-electron chi connectivity index (χ4n) is 2.18. The highest BCUT2D eigenvalue weighted by Gasteiger charge is 2.36. The molecule has 0 heterocycles. The van der Waals surface area contributed by atoms with Crippen LogP contribution in [0.5, 0.6) is 0 Å². The zero-order valence-corrected chi connectivity index (χ0v) is 9.66. The number of rotatable bonds is 5. The molecule has 0 radical (unpaired) electrons. The molecule has 0 aromatic carbocycles. The molecule has 0 saturated heterocycles. The summed E-state index contributed by atoms with van der Waals surface area (Å²) < 4.78 is 0. The van der Waals surface area contributed by atoms with Crippen molar-refractivity contribution in [2.75, 3.05) is 0 Å². The predicted molar refractivity (Wildman–Crippen MR) is 60.6 cm³/mol. The fourth-order valence-corrected chi connectivity index (χ4v) is 2.18. The van der Waals surface area contributed by atoms with E-state index >= 15 is 0 Å². The van der Waals surface area contributed by atoms with Gasteiger partial charge in [-0.15, -0.1) is 0 Å². The lowest BCUT2D eigenvalue weighted by Gasteiger charge is -2.15. The van der Waals surface area contributed by atoms with Gasteiger partial charge in [0, 0.05) is 12.8 Å². The zero-order valence-electron chi connectivity index (χ0n) is 9.66. The largest absolute Gasteiger partial charge is 0.299 e. The van der Waals surface area contributed by atoms with Gasteiger partial charge in [0.1, 0.15) is 11.6 Å². The lowest BCUT2D eigenvalue weighted by Crippen LogP contribution is -2.22. The summed E-state index contributed by atoms with van der Waals surface area (Å²) in [6.07, 6.45) is 8.18. The fraction of sp³-hybridized carbons (Fsp3) is 0.692. The Balaban J connectivity index is 2.39. The minimum absolute atomic E-state index is 0.159. The molecule has 15 heavy (non-hydrogen) atoms. The molecule has 0 N–H and O–H groups in total. The smallest absolute Gasteiger partial charge is 0.144 e. The van der Waals surface area contributed by atoms with E-state index in [4.69, 9.17) is 0 Å². The van der Waals surface area contributed by atoms with Crippen molar-refractivity contribution in [1.82, 2.24) is 0 Å². The molecule has 0 aromatic heterocycles. The van der Waals surface area contributed by atoms with Crippen LogP contribution in [0.3, 0.4) is 0 Å². The molecule has 0 amide bonds. The maximum absolute atomic E-state index is 11.5. The van der Waals surface area contributed by atoms with Crippen molar-refractivity contribution >= 4 is 11.6 Å². The maximum atomic E-state index is 11.5. The third-order valence-electron chi connectivity index (χ3n) is 3.07. The van der Waals surface area contributed by atoms with E-state index in [-0.39, 0.29) is 23.4 Å². The minimum atomic E-state index is -0.292. The molecule has 1 atom stereocenters. The molecule has 1 saturated carbocycles. The average Bonchev–Trinajstić information content (AvgIpc) is 2.53. The molecule has 0 bridgehead atoms. The summed E-state index contributed by atoms with van der Waals surface area (Å²) >= 11 is 0. The highest BCUT2D eigenvalue weighted by Crippen LogP contribution is 2.28. The first kappa shape index (κ1) is 12.2. The molecule has 2 nitrogen and oxygen atoms in total. The number of hydrogen-bond acceptors (Lipinski definition) is 2. The van der Waals surface area contributed by atoms with E-state index in [0.29, 0.717) is 12.8 Å². The maximum Gasteiger partial charge on any atom is 0.144 e. The van der Waals surface area contributed by atoms with Crippen LogP contribution in [0.2, 0.25) is 0 Å². The quantitative estimate of drug-likeness (QED) is 0.514. The lowest BCUT2D eigenvalue weighted by atomic mass is 9.87. The van der Waals surface area contributed by atoms with Crippen molar-refractivity contribution in [2.24, 2.45) is 11.8 Å². The van der Waals surface area contributed by atoms with Crippen LogP contribution >= 0.6 is 0 Å². The van der Waals surface area contributed by atoms with Gasteiger partial charge in [0.2, 0.25) is 0 Å². The van der Waals surface area contributed by atoms with Gasteiger partial charge in [-0.1, -0.05) is 26.0 Å². The molecule has 0 spiro atoms. The third kappa shape index (κ3) is 3.29. The van der Waals surface area contributed by atoms with Crippen LogP contribution in [-0.4, -0.2) is 11.6 Å². The van der Waals surface area contributed by atoms with E-state index < -0.39 is 0 Å². The van der Waals surface area contributed by atoms with Crippen LogP contribution < -0.4 is 0 Å². The van der Waals surface area contributed by atoms with Gasteiger partial charge in [0.05, 0.1) is 5.92 Å². The average molecular weight is 208 g/mol. The Labute approximate surface area is 91.7 Å². The summed E-state index contributed by atoms with van der Waals surface area (Å²) in [5, 5.41) is 0. The highest BCUT2D eigenvalue weighted by atomic mass is 16.2. The van der Waals surface area contributed by atoms with Crippen LogP contribution in [0.4, 0.5) is 0 Å². The summed E-state index contributed by atoms with van der Waals surface area (Å²) in [4.78, 5) is 23.0.